The van der Waals surface area contributed by atoms with E-state index >= 15 is 0 Å². The standard InChI is InChI=1S/C17H25N5O/c23-16(21-3-1-15(11-21)22-4-2-18-20-22)19-17-8-12-5-13(9-17)7-14(6-12)10-17/h2,4,12-15H,1,3,5-11H2,(H,19,23). The van der Waals surface area contributed by atoms with E-state index in [-0.39, 0.29) is 17.6 Å². The van der Waals surface area contributed by atoms with E-state index in [1.807, 2.05) is 15.8 Å². The van der Waals surface area contributed by atoms with Crippen molar-refractivity contribution in [2.45, 2.75) is 56.5 Å². The van der Waals surface area contributed by atoms with E-state index in [0.29, 0.717) is 0 Å². The number of nitrogens with zero attached hydrogens (tertiary/aromatic N) is 4. The molecule has 6 heteroatoms. The third-order valence-corrected chi connectivity index (χ3v) is 6.68. The zero-order valence-corrected chi connectivity index (χ0v) is 13.5. The summed E-state index contributed by atoms with van der Waals surface area (Å²) in [6.45, 7) is 1.57. The van der Waals surface area contributed by atoms with Crippen molar-refractivity contribution in [2.24, 2.45) is 17.8 Å². The van der Waals surface area contributed by atoms with Gasteiger partial charge < -0.3 is 10.2 Å². The fourth-order valence-electron chi connectivity index (χ4n) is 6.12. The summed E-state index contributed by atoms with van der Waals surface area (Å²) in [4.78, 5) is 14.8. The van der Waals surface area contributed by atoms with Crippen LogP contribution in [0, 0.1) is 17.8 Å². The Morgan fingerprint density at radius 3 is 2.43 bits per heavy atom. The van der Waals surface area contributed by atoms with E-state index in [0.717, 1.165) is 37.3 Å². The number of likely N-dealkylation sites (tertiary alicyclic amines) is 1. The molecule has 1 aliphatic heterocycles. The van der Waals surface area contributed by atoms with Crippen LogP contribution in [0.3, 0.4) is 0 Å². The number of aromatic nitrogens is 3. The van der Waals surface area contributed by atoms with Gasteiger partial charge in [0.15, 0.2) is 0 Å². The van der Waals surface area contributed by atoms with Crippen LogP contribution in [0.15, 0.2) is 12.4 Å². The fourth-order valence-corrected chi connectivity index (χ4v) is 6.12. The van der Waals surface area contributed by atoms with Crippen molar-refractivity contribution in [3.8, 4) is 0 Å². The van der Waals surface area contributed by atoms with E-state index in [2.05, 4.69) is 15.6 Å². The zero-order valence-electron chi connectivity index (χ0n) is 13.5. The van der Waals surface area contributed by atoms with E-state index in [9.17, 15) is 4.79 Å². The van der Waals surface area contributed by atoms with Gasteiger partial charge in [0.25, 0.3) is 0 Å². The lowest BCUT2D eigenvalue weighted by atomic mass is 9.53. The largest absolute Gasteiger partial charge is 0.333 e. The van der Waals surface area contributed by atoms with E-state index in [1.165, 1.54) is 38.5 Å². The minimum Gasteiger partial charge on any atom is -0.333 e. The molecular weight excluding hydrogens is 290 g/mol. The highest BCUT2D eigenvalue weighted by atomic mass is 16.2. The molecule has 5 fully saturated rings. The molecule has 4 aliphatic carbocycles. The minimum absolute atomic E-state index is 0.108. The Morgan fingerprint density at radius 2 is 1.83 bits per heavy atom. The van der Waals surface area contributed by atoms with Crippen LogP contribution in [0.5, 0.6) is 0 Å². The molecule has 1 aromatic rings. The van der Waals surface area contributed by atoms with Crippen LogP contribution >= 0.6 is 0 Å². The third-order valence-electron chi connectivity index (χ3n) is 6.68. The van der Waals surface area contributed by atoms with Crippen molar-refractivity contribution in [3.63, 3.8) is 0 Å². The molecule has 124 valence electrons. The van der Waals surface area contributed by atoms with E-state index < -0.39 is 0 Å². The maximum absolute atomic E-state index is 12.8. The van der Waals surface area contributed by atoms with Crippen LogP contribution in [-0.2, 0) is 0 Å². The topological polar surface area (TPSA) is 63.1 Å². The first kappa shape index (κ1) is 13.8. The Hall–Kier alpha value is -1.59. The monoisotopic (exact) mass is 315 g/mol. The van der Waals surface area contributed by atoms with Crippen LogP contribution in [0.25, 0.3) is 0 Å². The quantitative estimate of drug-likeness (QED) is 0.910. The van der Waals surface area contributed by atoms with Crippen molar-refractivity contribution in [2.75, 3.05) is 13.1 Å². The molecule has 2 heterocycles. The van der Waals surface area contributed by atoms with Crippen LogP contribution in [0.1, 0.15) is 51.0 Å². The number of amides is 2. The third kappa shape index (κ3) is 2.34. The molecule has 4 bridgehead atoms. The summed E-state index contributed by atoms with van der Waals surface area (Å²) >= 11 is 0. The van der Waals surface area contributed by atoms with Crippen LogP contribution in [0.4, 0.5) is 4.79 Å². The first-order valence-electron chi connectivity index (χ1n) is 9.12. The summed E-state index contributed by atoms with van der Waals surface area (Å²) in [5.41, 5.74) is 0.108. The summed E-state index contributed by atoms with van der Waals surface area (Å²) in [7, 11) is 0. The Morgan fingerprint density at radius 1 is 1.13 bits per heavy atom. The summed E-state index contributed by atoms with van der Waals surface area (Å²) < 4.78 is 1.89. The predicted octanol–water partition coefficient (Wildman–Crippen LogP) is 2.20. The molecule has 23 heavy (non-hydrogen) atoms. The summed E-state index contributed by atoms with van der Waals surface area (Å²) in [6.07, 6.45) is 12.4. The van der Waals surface area contributed by atoms with Gasteiger partial charge in [-0.1, -0.05) is 5.21 Å². The highest BCUT2D eigenvalue weighted by molar-refractivity contribution is 5.75. The maximum Gasteiger partial charge on any atom is 0.317 e. The lowest BCUT2D eigenvalue weighted by molar-refractivity contribution is -0.0153. The van der Waals surface area contributed by atoms with Crippen molar-refractivity contribution in [3.05, 3.63) is 12.4 Å². The molecule has 5 aliphatic rings. The Kier molecular flexibility index (Phi) is 2.97. The second-order valence-electron chi connectivity index (χ2n) is 8.40. The maximum atomic E-state index is 12.8. The van der Waals surface area contributed by atoms with Gasteiger partial charge in [0, 0.05) is 24.8 Å². The molecule has 0 aromatic carbocycles. The minimum atomic E-state index is 0.108. The van der Waals surface area contributed by atoms with Gasteiger partial charge >= 0.3 is 6.03 Å². The molecule has 1 unspecified atom stereocenters. The predicted molar refractivity (Wildman–Crippen MR) is 84.7 cm³/mol. The van der Waals surface area contributed by atoms with Gasteiger partial charge in [0.1, 0.15) is 0 Å². The van der Waals surface area contributed by atoms with Crippen molar-refractivity contribution in [1.29, 1.82) is 0 Å². The number of hydrogen-bond donors (Lipinski definition) is 1. The average Bonchev–Trinajstić information content (AvgIpc) is 3.17. The lowest BCUT2D eigenvalue weighted by Crippen LogP contribution is -2.61. The molecule has 4 saturated carbocycles. The Bertz CT molecular complexity index is 563. The van der Waals surface area contributed by atoms with Crippen molar-refractivity contribution < 1.29 is 4.79 Å². The molecular formula is C17H25N5O. The molecule has 1 saturated heterocycles. The highest BCUT2D eigenvalue weighted by Crippen LogP contribution is 2.55. The van der Waals surface area contributed by atoms with Crippen molar-refractivity contribution >= 4 is 6.03 Å². The van der Waals surface area contributed by atoms with Gasteiger partial charge in [0.2, 0.25) is 0 Å². The Balaban J connectivity index is 1.26. The average molecular weight is 315 g/mol. The second kappa shape index (κ2) is 4.95. The van der Waals surface area contributed by atoms with Crippen LogP contribution < -0.4 is 5.32 Å². The zero-order chi connectivity index (χ0) is 15.4. The molecule has 0 spiro atoms. The number of urea groups is 1. The molecule has 6 nitrogen and oxygen atoms in total. The van der Waals surface area contributed by atoms with E-state index in [1.54, 1.807) is 6.20 Å². The number of carbonyl (C=O) groups is 1. The van der Waals surface area contributed by atoms with Crippen molar-refractivity contribution in [1.82, 2.24) is 25.2 Å². The van der Waals surface area contributed by atoms with Gasteiger partial charge in [0.05, 0.1) is 12.2 Å². The molecule has 2 amide bonds. The van der Waals surface area contributed by atoms with E-state index in [4.69, 9.17) is 0 Å². The number of nitrogens with one attached hydrogen (secondary N) is 1. The highest BCUT2D eigenvalue weighted by Gasteiger charge is 2.52. The lowest BCUT2D eigenvalue weighted by Gasteiger charge is -2.57. The molecule has 0 radical (unpaired) electrons. The first-order valence-corrected chi connectivity index (χ1v) is 9.12. The number of hydrogen-bond acceptors (Lipinski definition) is 3. The van der Waals surface area contributed by atoms with Crippen LogP contribution in [0.2, 0.25) is 0 Å². The smallest absolute Gasteiger partial charge is 0.317 e. The molecule has 1 N–H and O–H groups in total. The normalized spacial score (nSPS) is 41.5. The molecule has 1 atom stereocenters. The number of carbonyl (C=O) groups excluding carboxylic acids is 1. The summed E-state index contributed by atoms with van der Waals surface area (Å²) in [5, 5.41) is 11.4. The first-order chi connectivity index (χ1) is 11.2. The summed E-state index contributed by atoms with van der Waals surface area (Å²) in [6, 6.07) is 0.425. The second-order valence-corrected chi connectivity index (χ2v) is 8.40. The molecule has 6 rings (SSSR count). The van der Waals surface area contributed by atoms with Gasteiger partial charge in [-0.2, -0.15) is 0 Å². The Labute approximate surface area is 136 Å². The molecule has 1 aromatic heterocycles. The summed E-state index contributed by atoms with van der Waals surface area (Å²) in [5.74, 6) is 2.59. The van der Waals surface area contributed by atoms with Crippen LogP contribution in [-0.4, -0.2) is 44.6 Å². The van der Waals surface area contributed by atoms with Gasteiger partial charge in [-0.15, -0.1) is 5.10 Å². The fraction of sp³-hybridized carbons (Fsp3) is 0.824. The van der Waals surface area contributed by atoms with Gasteiger partial charge in [-0.05, 0) is 62.7 Å². The number of rotatable bonds is 2. The SMILES string of the molecule is O=C(NC12CC3CC(CC(C3)C1)C2)N1CCC(n2ccnn2)C1. The van der Waals surface area contributed by atoms with Gasteiger partial charge in [-0.3, -0.25) is 0 Å². The van der Waals surface area contributed by atoms with Gasteiger partial charge in [-0.25, -0.2) is 9.48 Å².